The molecule has 10 heteroatoms. The van der Waals surface area contributed by atoms with Gasteiger partial charge in [-0.1, -0.05) is 11.6 Å². The Kier molecular flexibility index (Phi) is 5.95. The van der Waals surface area contributed by atoms with Gasteiger partial charge in [0.1, 0.15) is 12.1 Å². The number of aromatic nitrogens is 3. The van der Waals surface area contributed by atoms with Crippen LogP contribution in [0.15, 0.2) is 36.7 Å². The average molecular weight is 406 g/mol. The summed E-state index contributed by atoms with van der Waals surface area (Å²) < 4.78 is 29.2. The fourth-order valence-electron chi connectivity index (χ4n) is 2.40. The molecule has 0 saturated heterocycles. The van der Waals surface area contributed by atoms with Crippen molar-refractivity contribution < 1.29 is 18.6 Å². The summed E-state index contributed by atoms with van der Waals surface area (Å²) in [5, 5.41) is 5.98. The zero-order valence-electron chi connectivity index (χ0n) is 15.3. The number of hydrogen-bond acceptors (Lipinski definition) is 8. The number of benzene rings is 2. The van der Waals surface area contributed by atoms with Crippen LogP contribution >= 0.6 is 11.6 Å². The number of anilines is 4. The molecule has 0 bridgehead atoms. The zero-order valence-corrected chi connectivity index (χ0v) is 16.0. The van der Waals surface area contributed by atoms with E-state index in [1.54, 1.807) is 12.1 Å². The highest BCUT2D eigenvalue weighted by Gasteiger charge is 2.14. The van der Waals surface area contributed by atoms with Crippen molar-refractivity contribution in [2.24, 2.45) is 0 Å². The summed E-state index contributed by atoms with van der Waals surface area (Å²) in [6, 6.07) is 7.65. The Balaban J connectivity index is 1.83. The maximum Gasteiger partial charge on any atom is 0.232 e. The lowest BCUT2D eigenvalue weighted by atomic mass is 10.2. The summed E-state index contributed by atoms with van der Waals surface area (Å²) in [6.07, 6.45) is 1.33. The van der Waals surface area contributed by atoms with Gasteiger partial charge >= 0.3 is 0 Å². The quantitative estimate of drug-likeness (QED) is 0.605. The van der Waals surface area contributed by atoms with E-state index < -0.39 is 5.82 Å². The minimum Gasteiger partial charge on any atom is -0.493 e. The molecule has 8 nitrogen and oxygen atoms in total. The fraction of sp³-hybridized carbons (Fsp3) is 0.167. The van der Waals surface area contributed by atoms with Gasteiger partial charge in [-0.25, -0.2) is 14.4 Å². The van der Waals surface area contributed by atoms with Gasteiger partial charge in [-0.15, -0.1) is 0 Å². The first-order valence-electron chi connectivity index (χ1n) is 8.02. The van der Waals surface area contributed by atoms with Crippen molar-refractivity contribution in [2.45, 2.75) is 0 Å². The van der Waals surface area contributed by atoms with Crippen LogP contribution in [0.5, 0.6) is 17.2 Å². The molecular formula is C18H17ClFN5O3. The molecule has 146 valence electrons. The molecule has 3 aromatic rings. The Morgan fingerprint density at radius 1 is 0.857 bits per heavy atom. The fourth-order valence-corrected chi connectivity index (χ4v) is 2.58. The van der Waals surface area contributed by atoms with Gasteiger partial charge in [-0.3, -0.25) is 0 Å². The van der Waals surface area contributed by atoms with Crippen molar-refractivity contribution in [2.75, 3.05) is 32.0 Å². The predicted molar refractivity (Wildman–Crippen MR) is 104 cm³/mol. The second-order valence-electron chi connectivity index (χ2n) is 5.43. The first-order valence-corrected chi connectivity index (χ1v) is 8.40. The lowest BCUT2D eigenvalue weighted by Gasteiger charge is -2.14. The third-order valence-electron chi connectivity index (χ3n) is 3.67. The highest BCUT2D eigenvalue weighted by atomic mass is 35.5. The van der Waals surface area contributed by atoms with E-state index in [0.717, 1.165) is 0 Å². The molecular weight excluding hydrogens is 389 g/mol. The van der Waals surface area contributed by atoms with E-state index in [2.05, 4.69) is 25.6 Å². The Morgan fingerprint density at radius 2 is 1.46 bits per heavy atom. The minimum atomic E-state index is -0.507. The zero-order chi connectivity index (χ0) is 20.1. The van der Waals surface area contributed by atoms with Crippen molar-refractivity contribution in [1.82, 2.24) is 15.0 Å². The molecule has 0 saturated carbocycles. The van der Waals surface area contributed by atoms with Crippen LogP contribution in [-0.4, -0.2) is 36.3 Å². The van der Waals surface area contributed by atoms with E-state index in [-0.39, 0.29) is 16.9 Å². The predicted octanol–water partition coefficient (Wildman–Crippen LogP) is 4.18. The van der Waals surface area contributed by atoms with Gasteiger partial charge in [-0.2, -0.15) is 4.98 Å². The molecule has 0 spiro atoms. The standard InChI is InChI=1S/C18H17ClFN5O3/c1-26-14-7-11(8-15(27-2)16(14)28-3)24-18-22-9-21-17(25-18)23-10-4-5-13(20)12(19)6-10/h4-9H,1-3H3,(H2,21,22,23,24,25). The van der Waals surface area contributed by atoms with Crippen LogP contribution in [0.1, 0.15) is 0 Å². The van der Waals surface area contributed by atoms with Crippen LogP contribution in [0, 0.1) is 5.82 Å². The van der Waals surface area contributed by atoms with Gasteiger partial charge in [0.05, 0.1) is 26.4 Å². The third-order valence-corrected chi connectivity index (χ3v) is 3.96. The second-order valence-corrected chi connectivity index (χ2v) is 5.83. The third kappa shape index (κ3) is 4.32. The molecule has 0 aliphatic carbocycles. The number of rotatable bonds is 7. The van der Waals surface area contributed by atoms with E-state index in [1.165, 1.54) is 45.9 Å². The highest BCUT2D eigenvalue weighted by molar-refractivity contribution is 6.31. The molecule has 3 rings (SSSR count). The van der Waals surface area contributed by atoms with Crippen molar-refractivity contribution in [3.63, 3.8) is 0 Å². The summed E-state index contributed by atoms with van der Waals surface area (Å²) in [5.74, 6) is 1.47. The summed E-state index contributed by atoms with van der Waals surface area (Å²) in [6.45, 7) is 0. The van der Waals surface area contributed by atoms with Gasteiger partial charge in [0.2, 0.25) is 17.6 Å². The van der Waals surface area contributed by atoms with Crippen LogP contribution < -0.4 is 24.8 Å². The Labute approximate surface area is 165 Å². The van der Waals surface area contributed by atoms with Gasteiger partial charge in [-0.05, 0) is 18.2 Å². The molecule has 0 aliphatic heterocycles. The molecule has 0 atom stereocenters. The maximum absolute atomic E-state index is 13.3. The lowest BCUT2D eigenvalue weighted by Crippen LogP contribution is -2.03. The molecule has 1 aromatic heterocycles. The van der Waals surface area contributed by atoms with Crippen LogP contribution in [0.25, 0.3) is 0 Å². The van der Waals surface area contributed by atoms with Gasteiger partial charge in [0, 0.05) is 23.5 Å². The summed E-state index contributed by atoms with van der Waals surface area (Å²) in [7, 11) is 4.58. The summed E-state index contributed by atoms with van der Waals surface area (Å²) in [4.78, 5) is 12.4. The van der Waals surface area contributed by atoms with Crippen molar-refractivity contribution in [3.8, 4) is 17.2 Å². The maximum atomic E-state index is 13.3. The van der Waals surface area contributed by atoms with Gasteiger partial charge in [0.25, 0.3) is 0 Å². The van der Waals surface area contributed by atoms with Gasteiger partial charge < -0.3 is 24.8 Å². The van der Waals surface area contributed by atoms with E-state index in [4.69, 9.17) is 25.8 Å². The van der Waals surface area contributed by atoms with Crippen LogP contribution in [0.3, 0.4) is 0 Å². The molecule has 0 aliphatic rings. The largest absolute Gasteiger partial charge is 0.493 e. The second kappa shape index (κ2) is 8.57. The van der Waals surface area contributed by atoms with E-state index in [1.807, 2.05) is 0 Å². The van der Waals surface area contributed by atoms with Crippen LogP contribution in [0.4, 0.5) is 27.7 Å². The van der Waals surface area contributed by atoms with Crippen molar-refractivity contribution in [1.29, 1.82) is 0 Å². The molecule has 1 heterocycles. The number of ether oxygens (including phenoxy) is 3. The molecule has 2 N–H and O–H groups in total. The molecule has 0 amide bonds. The number of methoxy groups -OCH3 is 3. The number of halogens is 2. The molecule has 28 heavy (non-hydrogen) atoms. The molecule has 2 aromatic carbocycles. The average Bonchev–Trinajstić information content (AvgIpc) is 2.70. The highest BCUT2D eigenvalue weighted by Crippen LogP contribution is 2.40. The number of nitrogens with zero attached hydrogens (tertiary/aromatic N) is 3. The van der Waals surface area contributed by atoms with Crippen molar-refractivity contribution >= 4 is 34.9 Å². The van der Waals surface area contributed by atoms with Crippen molar-refractivity contribution in [3.05, 3.63) is 47.5 Å². The first-order chi connectivity index (χ1) is 13.5. The monoisotopic (exact) mass is 405 g/mol. The topological polar surface area (TPSA) is 90.4 Å². The van der Waals surface area contributed by atoms with E-state index >= 15 is 0 Å². The molecule has 0 unspecified atom stereocenters. The first kappa shape index (κ1) is 19.4. The summed E-state index contributed by atoms with van der Waals surface area (Å²) >= 11 is 5.79. The normalized spacial score (nSPS) is 10.3. The smallest absolute Gasteiger partial charge is 0.232 e. The molecule has 0 fully saturated rings. The summed E-state index contributed by atoms with van der Waals surface area (Å²) in [5.41, 5.74) is 1.16. The number of nitrogens with one attached hydrogen (secondary N) is 2. The lowest BCUT2D eigenvalue weighted by molar-refractivity contribution is 0.324. The number of hydrogen-bond donors (Lipinski definition) is 2. The van der Waals surface area contributed by atoms with Crippen LogP contribution in [-0.2, 0) is 0 Å². The van der Waals surface area contributed by atoms with E-state index in [0.29, 0.717) is 28.6 Å². The minimum absolute atomic E-state index is 0.00479. The van der Waals surface area contributed by atoms with E-state index in [9.17, 15) is 4.39 Å². The Bertz CT molecular complexity index is 964. The Morgan fingerprint density at radius 3 is 2.00 bits per heavy atom. The van der Waals surface area contributed by atoms with Crippen LogP contribution in [0.2, 0.25) is 5.02 Å². The Hall–Kier alpha value is -3.33. The van der Waals surface area contributed by atoms with Gasteiger partial charge in [0.15, 0.2) is 11.5 Å². The SMILES string of the molecule is COc1cc(Nc2ncnc(Nc3ccc(F)c(Cl)c3)n2)cc(OC)c1OC. The molecule has 0 radical (unpaired) electrons.